The lowest BCUT2D eigenvalue weighted by Gasteiger charge is -2.30. The Morgan fingerprint density at radius 2 is 0.804 bits per heavy atom. The van der Waals surface area contributed by atoms with E-state index >= 15 is 0 Å². The fourth-order valence-electron chi connectivity index (χ4n) is 6.06. The number of hydrogen-bond donors (Lipinski definition) is 2. The third-order valence-corrected chi connectivity index (χ3v) is 8.85. The number of allylic oxidation sites excluding steroid dienone is 4. The standard InChI is InChI=1S/C41H82N2O2.ClH/c1-5-7-9-11-13-15-17-19-21-23-25-27-29-31-33-35-37-44-40-41(42,39-43(3)4)45-38-36-34-32-30-28-26-24-22-20-18-16-14-12-10-8-6-2;/h19-22H,5-18,23-40,42H2,1-4H3;1H/b21-19-,22-20-;. The van der Waals surface area contributed by atoms with Gasteiger partial charge in [-0.3, -0.25) is 5.73 Å². The summed E-state index contributed by atoms with van der Waals surface area (Å²) in [4.78, 5) is 1.30. The molecule has 0 aliphatic heterocycles. The summed E-state index contributed by atoms with van der Waals surface area (Å²) in [6.07, 6.45) is 46.8. The smallest absolute Gasteiger partial charge is 0.189 e. The van der Waals surface area contributed by atoms with E-state index in [4.69, 9.17) is 15.2 Å². The van der Waals surface area contributed by atoms with Gasteiger partial charge in [-0.15, -0.1) is 0 Å². The largest absolute Gasteiger partial charge is 1.00 e. The van der Waals surface area contributed by atoms with E-state index in [9.17, 15) is 0 Å². The normalized spacial score (nSPS) is 13.3. The molecule has 0 aromatic rings. The first kappa shape index (κ1) is 47.7. The Hall–Kier alpha value is -0.390. The average molecular weight is 672 g/mol. The van der Waals surface area contributed by atoms with Crippen molar-refractivity contribution in [3.8, 4) is 0 Å². The lowest BCUT2D eigenvalue weighted by molar-refractivity contribution is -0.866. The van der Waals surface area contributed by atoms with Gasteiger partial charge >= 0.3 is 0 Å². The quantitative estimate of drug-likeness (QED) is 0.0401. The molecule has 0 fully saturated rings. The molecule has 0 heterocycles. The van der Waals surface area contributed by atoms with Gasteiger partial charge in [0.05, 0.1) is 20.7 Å². The monoisotopic (exact) mass is 671 g/mol. The van der Waals surface area contributed by atoms with Gasteiger partial charge in [0.1, 0.15) is 6.54 Å². The van der Waals surface area contributed by atoms with Gasteiger partial charge in [0.25, 0.3) is 0 Å². The molecule has 0 aromatic carbocycles. The summed E-state index contributed by atoms with van der Waals surface area (Å²) in [7, 11) is 4.28. The molecule has 0 saturated heterocycles. The topological polar surface area (TPSA) is 48.9 Å². The molecule has 276 valence electrons. The first-order valence-electron chi connectivity index (χ1n) is 20.1. The maximum atomic E-state index is 6.66. The molecule has 0 radical (unpaired) electrons. The predicted octanol–water partition coefficient (Wildman–Crippen LogP) is 7.90. The summed E-state index contributed by atoms with van der Waals surface area (Å²) >= 11 is 0. The summed E-state index contributed by atoms with van der Waals surface area (Å²) in [6.45, 7) is 7.37. The summed E-state index contributed by atoms with van der Waals surface area (Å²) in [6, 6.07) is 0. The van der Waals surface area contributed by atoms with Crippen LogP contribution < -0.4 is 23.0 Å². The molecular formula is C41H83ClN2O2. The molecule has 3 N–H and O–H groups in total. The number of halogens is 1. The molecule has 1 unspecified atom stereocenters. The van der Waals surface area contributed by atoms with E-state index in [1.165, 1.54) is 172 Å². The fourth-order valence-corrected chi connectivity index (χ4v) is 6.06. The van der Waals surface area contributed by atoms with Crippen LogP contribution in [0.4, 0.5) is 0 Å². The SMILES string of the molecule is CCCCCCCC/C=C\CCCCCCCCOCC(N)(C[NH+](C)C)OCCCCCCCC/C=C\CCCCCCCC.[Cl-]. The summed E-state index contributed by atoms with van der Waals surface area (Å²) < 4.78 is 12.2. The van der Waals surface area contributed by atoms with Gasteiger partial charge in [-0.05, 0) is 64.2 Å². The zero-order chi connectivity index (χ0) is 32.9. The van der Waals surface area contributed by atoms with Crippen LogP contribution >= 0.6 is 0 Å². The Labute approximate surface area is 295 Å². The summed E-state index contributed by atoms with van der Waals surface area (Å²) in [5.41, 5.74) is 5.98. The maximum absolute atomic E-state index is 6.66. The van der Waals surface area contributed by atoms with Crippen LogP contribution in [0.25, 0.3) is 0 Å². The summed E-state index contributed by atoms with van der Waals surface area (Å²) in [5, 5.41) is 0. The Kier molecular flexibility index (Phi) is 40.5. The second kappa shape index (κ2) is 39.1. The highest BCUT2D eigenvalue weighted by Crippen LogP contribution is 2.13. The number of ether oxygens (including phenoxy) is 2. The highest BCUT2D eigenvalue weighted by Gasteiger charge is 2.29. The van der Waals surface area contributed by atoms with Crippen molar-refractivity contribution in [1.29, 1.82) is 0 Å². The van der Waals surface area contributed by atoms with Crippen LogP contribution in [0, 0.1) is 0 Å². The number of quaternary nitrogens is 1. The molecule has 0 amide bonds. The van der Waals surface area contributed by atoms with Crippen molar-refractivity contribution in [3.05, 3.63) is 24.3 Å². The lowest BCUT2D eigenvalue weighted by atomic mass is 10.1. The molecule has 5 heteroatoms. The molecule has 0 aliphatic carbocycles. The van der Waals surface area contributed by atoms with Crippen molar-refractivity contribution in [2.45, 2.75) is 199 Å². The van der Waals surface area contributed by atoms with Crippen LogP contribution in [0.2, 0.25) is 0 Å². The van der Waals surface area contributed by atoms with Gasteiger partial charge in [0.2, 0.25) is 0 Å². The molecule has 0 aromatic heterocycles. The van der Waals surface area contributed by atoms with Gasteiger partial charge in [-0.1, -0.05) is 154 Å². The van der Waals surface area contributed by atoms with E-state index < -0.39 is 5.72 Å². The van der Waals surface area contributed by atoms with Crippen molar-refractivity contribution in [1.82, 2.24) is 0 Å². The minimum absolute atomic E-state index is 0. The molecule has 0 saturated carbocycles. The minimum Gasteiger partial charge on any atom is -1.00 e. The number of rotatable bonds is 37. The van der Waals surface area contributed by atoms with E-state index in [0.717, 1.165) is 32.6 Å². The fraction of sp³-hybridized carbons (Fsp3) is 0.902. The molecule has 0 rings (SSSR count). The Morgan fingerprint density at radius 3 is 1.17 bits per heavy atom. The highest BCUT2D eigenvalue weighted by atomic mass is 35.5. The molecular weight excluding hydrogens is 588 g/mol. The van der Waals surface area contributed by atoms with E-state index in [1.54, 1.807) is 0 Å². The average Bonchev–Trinajstić information content (AvgIpc) is 3.01. The van der Waals surface area contributed by atoms with Gasteiger partial charge in [-0.2, -0.15) is 0 Å². The van der Waals surface area contributed by atoms with Crippen LogP contribution in [0.3, 0.4) is 0 Å². The predicted molar refractivity (Wildman–Crippen MR) is 200 cm³/mol. The maximum Gasteiger partial charge on any atom is 0.189 e. The zero-order valence-corrected chi connectivity index (χ0v) is 32.5. The second-order valence-electron chi connectivity index (χ2n) is 14.2. The van der Waals surface area contributed by atoms with Gasteiger partial charge in [0, 0.05) is 13.2 Å². The number of nitrogens with two attached hydrogens (primary N) is 1. The van der Waals surface area contributed by atoms with Crippen molar-refractivity contribution in [3.63, 3.8) is 0 Å². The van der Waals surface area contributed by atoms with Crippen LogP contribution in [0.5, 0.6) is 0 Å². The first-order valence-corrected chi connectivity index (χ1v) is 20.1. The highest BCUT2D eigenvalue weighted by molar-refractivity contribution is 4.82. The number of nitrogens with one attached hydrogen (secondary N) is 1. The van der Waals surface area contributed by atoms with Crippen molar-refractivity contribution in [2.24, 2.45) is 5.73 Å². The Balaban J connectivity index is 0. The Bertz CT molecular complexity index is 628. The number of unbranched alkanes of at least 4 members (excludes halogenated alkanes) is 24. The number of hydrogen-bond acceptors (Lipinski definition) is 3. The van der Waals surface area contributed by atoms with Crippen LogP contribution in [0.1, 0.15) is 194 Å². The third-order valence-electron chi connectivity index (χ3n) is 8.85. The van der Waals surface area contributed by atoms with E-state index in [0.29, 0.717) is 6.61 Å². The van der Waals surface area contributed by atoms with Gasteiger partial charge in [-0.25, -0.2) is 0 Å². The lowest BCUT2D eigenvalue weighted by Crippen LogP contribution is -3.08. The van der Waals surface area contributed by atoms with Crippen molar-refractivity contribution in [2.75, 3.05) is 40.5 Å². The van der Waals surface area contributed by atoms with Crippen LogP contribution in [-0.4, -0.2) is 46.2 Å². The van der Waals surface area contributed by atoms with Gasteiger partial charge < -0.3 is 26.8 Å². The van der Waals surface area contributed by atoms with E-state index in [1.807, 2.05) is 0 Å². The Morgan fingerprint density at radius 1 is 0.478 bits per heavy atom. The van der Waals surface area contributed by atoms with Crippen molar-refractivity contribution < 1.29 is 26.8 Å². The van der Waals surface area contributed by atoms with E-state index in [-0.39, 0.29) is 12.4 Å². The van der Waals surface area contributed by atoms with Crippen LogP contribution in [0.15, 0.2) is 24.3 Å². The molecule has 0 aliphatic rings. The van der Waals surface area contributed by atoms with Crippen molar-refractivity contribution >= 4 is 0 Å². The molecule has 0 bridgehead atoms. The molecule has 1 atom stereocenters. The minimum atomic E-state index is -0.677. The first-order chi connectivity index (χ1) is 22.0. The molecule has 4 nitrogen and oxygen atoms in total. The molecule has 0 spiro atoms. The second-order valence-corrected chi connectivity index (χ2v) is 14.2. The zero-order valence-electron chi connectivity index (χ0n) is 31.7. The summed E-state index contributed by atoms with van der Waals surface area (Å²) in [5.74, 6) is 0. The number of likely N-dealkylation sites (N-methyl/N-ethyl adjacent to an activating group) is 1. The molecule has 46 heavy (non-hydrogen) atoms. The van der Waals surface area contributed by atoms with Crippen LogP contribution in [-0.2, 0) is 9.47 Å². The third kappa shape index (κ3) is 38.1. The van der Waals surface area contributed by atoms with Gasteiger partial charge in [0.15, 0.2) is 5.72 Å². The van der Waals surface area contributed by atoms with E-state index in [2.05, 4.69) is 52.2 Å².